The summed E-state index contributed by atoms with van der Waals surface area (Å²) in [5.74, 6) is -1.50. The molecule has 2 amide bonds. The highest BCUT2D eigenvalue weighted by Gasteiger charge is 2.60. The Morgan fingerprint density at radius 2 is 1.19 bits per heavy atom. The Morgan fingerprint density at radius 1 is 0.688 bits per heavy atom. The Labute approximate surface area is 374 Å². The number of nitrogens with zero attached hydrogens (tertiary/aromatic N) is 4. The van der Waals surface area contributed by atoms with Gasteiger partial charge in [0.15, 0.2) is 23.0 Å². The van der Waals surface area contributed by atoms with Crippen LogP contribution < -0.4 is 26.4 Å². The molecule has 6 aliphatic rings. The van der Waals surface area contributed by atoms with Crippen LogP contribution in [0.1, 0.15) is 49.7 Å². The number of amides is 2. The number of hydrogen-bond acceptors (Lipinski definition) is 12. The zero-order valence-electron chi connectivity index (χ0n) is 34.8. The standard InChI is InChI=1S/C22H21F2N3O3.C16H18BrN3O3.C6H5BF2O2/c1-27-19(28)22(26-20(27)25)11-21(7-2-8-29-12-21)30-18-6-3-13(9-16(18)22)15-10-14(23)4-5-17(15)24;1-20-13(21)16(19-14(20)18)8-15(5-2-6-22-9-15)23-12-4-3-10(17)7-11(12)16;8-4-1-2-6(9)5(3-4)7(10)11/h3-6,9-10H,2,7-8,11-12H2,1H3,(H2,25,26);3-4,7H,2,5-6,8-9H2,1H3,(H2,18,19);1-3,10-11H. The number of likely N-dealkylation sites (N-methyl/N-ethyl adjacent to an activating group) is 2. The molecule has 6 heterocycles. The van der Waals surface area contributed by atoms with Crippen LogP contribution in [0.2, 0.25) is 0 Å². The Bertz CT molecular complexity index is 2580. The van der Waals surface area contributed by atoms with Crippen molar-refractivity contribution in [1.29, 1.82) is 0 Å². The minimum absolute atomic E-state index is 0.102. The third kappa shape index (κ3) is 8.10. The van der Waals surface area contributed by atoms with Gasteiger partial charge in [-0.05, 0) is 98.0 Å². The van der Waals surface area contributed by atoms with E-state index in [4.69, 9.17) is 40.5 Å². The first-order valence-electron chi connectivity index (χ1n) is 20.4. The van der Waals surface area contributed by atoms with Crippen LogP contribution in [0.25, 0.3) is 11.1 Å². The number of nitrogens with two attached hydrogens (primary N) is 2. The topological polar surface area (TPSA) is 195 Å². The van der Waals surface area contributed by atoms with Crippen molar-refractivity contribution in [2.24, 2.45) is 21.5 Å². The van der Waals surface area contributed by atoms with E-state index >= 15 is 0 Å². The van der Waals surface area contributed by atoms with Gasteiger partial charge in [0.25, 0.3) is 11.8 Å². The van der Waals surface area contributed by atoms with Gasteiger partial charge in [0, 0.05) is 66.8 Å². The molecule has 4 unspecified atom stereocenters. The molecule has 0 bridgehead atoms. The Hall–Kier alpha value is -5.54. The van der Waals surface area contributed by atoms with Gasteiger partial charge in [-0.15, -0.1) is 0 Å². The molecule has 4 atom stereocenters. The molecule has 14 nitrogen and oxygen atoms in total. The fraction of sp³-hybridized carbons (Fsp3) is 0.364. The number of halogens is 5. The van der Waals surface area contributed by atoms with Gasteiger partial charge < -0.3 is 40.5 Å². The number of rotatable bonds is 2. The average molecular weight is 952 g/mol. The smallest absolute Gasteiger partial charge is 0.484 e. The highest BCUT2D eigenvalue weighted by molar-refractivity contribution is 9.10. The van der Waals surface area contributed by atoms with E-state index in [2.05, 4.69) is 25.9 Å². The first kappa shape index (κ1) is 45.0. The highest BCUT2D eigenvalue weighted by Crippen LogP contribution is 2.53. The summed E-state index contributed by atoms with van der Waals surface area (Å²) in [6, 6.07) is 16.4. The molecule has 0 aliphatic carbocycles. The lowest BCUT2D eigenvalue weighted by molar-refractivity contribution is -0.139. The Balaban J connectivity index is 0.000000145. The minimum Gasteiger partial charge on any atom is -0.484 e. The third-order valence-electron chi connectivity index (χ3n) is 12.3. The highest BCUT2D eigenvalue weighted by atomic mass is 79.9. The number of ether oxygens (including phenoxy) is 4. The lowest BCUT2D eigenvalue weighted by Gasteiger charge is -2.46. The number of carbonyl (C=O) groups excluding carboxylic acids is 2. The van der Waals surface area contributed by atoms with Crippen LogP contribution in [-0.4, -0.2) is 102 Å². The van der Waals surface area contributed by atoms with Crippen LogP contribution in [0.4, 0.5) is 17.6 Å². The summed E-state index contributed by atoms with van der Waals surface area (Å²) in [5, 5.41) is 17.0. The van der Waals surface area contributed by atoms with Crippen LogP contribution >= 0.6 is 15.9 Å². The van der Waals surface area contributed by atoms with E-state index in [-0.39, 0.29) is 35.7 Å². The van der Waals surface area contributed by atoms with Crippen molar-refractivity contribution < 1.29 is 56.1 Å². The first-order valence-corrected chi connectivity index (χ1v) is 21.2. The van der Waals surface area contributed by atoms with E-state index in [1.54, 1.807) is 32.3 Å². The zero-order chi connectivity index (χ0) is 45.8. The van der Waals surface area contributed by atoms with Crippen molar-refractivity contribution in [2.45, 2.75) is 60.8 Å². The van der Waals surface area contributed by atoms with E-state index in [1.807, 2.05) is 18.2 Å². The van der Waals surface area contributed by atoms with Gasteiger partial charge in [-0.25, -0.2) is 27.5 Å². The fourth-order valence-electron chi connectivity index (χ4n) is 9.19. The summed E-state index contributed by atoms with van der Waals surface area (Å²) in [4.78, 5) is 38.3. The van der Waals surface area contributed by atoms with Gasteiger partial charge in [0.1, 0.15) is 46.0 Å². The molecule has 0 radical (unpaired) electrons. The summed E-state index contributed by atoms with van der Waals surface area (Å²) in [5.41, 5.74) is 9.80. The molecular weight excluding hydrogens is 907 g/mol. The molecule has 6 N–H and O–H groups in total. The lowest BCUT2D eigenvalue weighted by atomic mass is 9.74. The van der Waals surface area contributed by atoms with Crippen LogP contribution in [-0.2, 0) is 30.1 Å². The number of carbonyl (C=O) groups is 2. The normalized spacial score (nSPS) is 26.6. The number of benzene rings is 4. The van der Waals surface area contributed by atoms with Crippen molar-refractivity contribution in [2.75, 3.05) is 40.5 Å². The monoisotopic (exact) mass is 950 g/mol. The lowest BCUT2D eigenvalue weighted by Crippen LogP contribution is -2.55. The first-order chi connectivity index (χ1) is 30.4. The van der Waals surface area contributed by atoms with Gasteiger partial charge in [0.2, 0.25) is 0 Å². The number of guanidine groups is 2. The van der Waals surface area contributed by atoms with Gasteiger partial charge in [-0.2, -0.15) is 0 Å². The molecule has 0 saturated carbocycles. The van der Waals surface area contributed by atoms with Gasteiger partial charge in [-0.3, -0.25) is 19.4 Å². The van der Waals surface area contributed by atoms with Crippen molar-refractivity contribution in [3.63, 3.8) is 0 Å². The molecule has 6 aliphatic heterocycles. The predicted molar refractivity (Wildman–Crippen MR) is 230 cm³/mol. The van der Waals surface area contributed by atoms with E-state index in [0.717, 1.165) is 78.7 Å². The van der Waals surface area contributed by atoms with Gasteiger partial charge in [-0.1, -0.05) is 22.0 Å². The molecular formula is C44H44BBrF4N6O8. The molecule has 336 valence electrons. The van der Waals surface area contributed by atoms with Crippen LogP contribution in [0.3, 0.4) is 0 Å². The van der Waals surface area contributed by atoms with E-state index in [0.29, 0.717) is 48.9 Å². The van der Waals surface area contributed by atoms with E-state index in [1.165, 1.54) is 9.80 Å². The molecule has 2 fully saturated rings. The zero-order valence-corrected chi connectivity index (χ0v) is 36.3. The molecule has 4 aromatic rings. The maximum atomic E-state index is 14.4. The second-order valence-corrected chi connectivity index (χ2v) is 17.6. The largest absolute Gasteiger partial charge is 0.491 e. The maximum absolute atomic E-state index is 14.4. The Kier molecular flexibility index (Phi) is 12.0. The van der Waals surface area contributed by atoms with E-state index < -0.39 is 58.1 Å². The number of fused-ring (bicyclic) bond motifs is 4. The van der Waals surface area contributed by atoms with Crippen LogP contribution in [0, 0.1) is 23.3 Å². The molecule has 4 aromatic carbocycles. The van der Waals surface area contributed by atoms with Crippen LogP contribution in [0.5, 0.6) is 11.5 Å². The van der Waals surface area contributed by atoms with Crippen LogP contribution in [0.15, 0.2) is 87.3 Å². The summed E-state index contributed by atoms with van der Waals surface area (Å²) in [7, 11) is 1.27. The van der Waals surface area contributed by atoms with Crippen molar-refractivity contribution in [3.8, 4) is 22.6 Å². The van der Waals surface area contributed by atoms with Crippen molar-refractivity contribution in [1.82, 2.24) is 9.80 Å². The summed E-state index contributed by atoms with van der Waals surface area (Å²) >= 11 is 3.47. The van der Waals surface area contributed by atoms with Gasteiger partial charge >= 0.3 is 7.12 Å². The third-order valence-corrected chi connectivity index (χ3v) is 12.8. The molecule has 4 spiro atoms. The molecule has 10 rings (SSSR count). The minimum atomic E-state index is -1.97. The summed E-state index contributed by atoms with van der Waals surface area (Å²) in [6.45, 7) is 2.18. The number of hydrogen-bond donors (Lipinski definition) is 4. The quantitative estimate of drug-likeness (QED) is 0.166. The fourth-order valence-corrected chi connectivity index (χ4v) is 9.55. The maximum Gasteiger partial charge on any atom is 0.491 e. The van der Waals surface area contributed by atoms with Crippen molar-refractivity contribution >= 4 is 52.2 Å². The predicted octanol–water partition coefficient (Wildman–Crippen LogP) is 4.35. The van der Waals surface area contributed by atoms with Crippen molar-refractivity contribution in [3.05, 3.63) is 112 Å². The summed E-state index contributed by atoms with van der Waals surface area (Å²) < 4.78 is 77.9. The second kappa shape index (κ2) is 17.1. The van der Waals surface area contributed by atoms with E-state index in [9.17, 15) is 27.2 Å². The second-order valence-electron chi connectivity index (χ2n) is 16.6. The molecule has 0 aromatic heterocycles. The Morgan fingerprint density at radius 3 is 1.66 bits per heavy atom. The SMILES string of the molecule is CN1C(=O)C2(CC3(CCCOC3)Oc3ccc(-c4cc(F)ccc4F)cc32)N=C1N.CN1C(=O)C2(CC3(CCCOC3)Oc3ccc(Br)cc32)N=C1N.OB(O)c1cc(F)ccc1F. The molecule has 2 saturated heterocycles. The summed E-state index contributed by atoms with van der Waals surface area (Å²) in [6.07, 6.45) is 4.00. The average Bonchev–Trinajstić information content (AvgIpc) is 3.61. The number of aliphatic imine (C=N–C) groups is 2. The molecule has 64 heavy (non-hydrogen) atoms. The van der Waals surface area contributed by atoms with Gasteiger partial charge in [0.05, 0.1) is 13.2 Å². The molecule has 20 heteroatoms.